The summed E-state index contributed by atoms with van der Waals surface area (Å²) in [6.45, 7) is 11.7. The molecule has 6 atom stereocenters. The van der Waals surface area contributed by atoms with Crippen LogP contribution in [0.3, 0.4) is 0 Å². The van der Waals surface area contributed by atoms with Gasteiger partial charge in [0, 0.05) is 0 Å². The third-order valence-electron chi connectivity index (χ3n) is 10.1. The Bertz CT molecular complexity index is 1500. The maximum atomic E-state index is 15.1. The molecule has 46 heavy (non-hydrogen) atoms. The summed E-state index contributed by atoms with van der Waals surface area (Å²) in [4.78, 5) is 26.9. The van der Waals surface area contributed by atoms with Gasteiger partial charge in [-0.15, -0.1) is 0 Å². The van der Waals surface area contributed by atoms with Crippen molar-refractivity contribution in [2.45, 2.75) is 90.1 Å². The van der Waals surface area contributed by atoms with Crippen molar-refractivity contribution in [3.8, 4) is 17.2 Å². The molecule has 0 spiro atoms. The van der Waals surface area contributed by atoms with E-state index in [1.807, 2.05) is 0 Å². The second kappa shape index (κ2) is 12.4. The predicted octanol–water partition coefficient (Wildman–Crippen LogP) is 4.80. The van der Waals surface area contributed by atoms with Gasteiger partial charge >= 0.3 is 13.1 Å². The number of hydrogen-bond donors (Lipinski definition) is 2. The molecule has 3 saturated carbocycles. The number of methoxy groups -OCH3 is 3. The van der Waals surface area contributed by atoms with Gasteiger partial charge in [0.15, 0.2) is 11.5 Å². The highest BCUT2D eigenvalue weighted by Crippen LogP contribution is 2.65. The average molecular weight is 641 g/mol. The molecule has 12 heteroatoms. The Morgan fingerprint density at radius 3 is 2.37 bits per heavy atom. The molecule has 1 heterocycles. The van der Waals surface area contributed by atoms with Crippen LogP contribution >= 0.6 is 0 Å². The number of benzene rings is 2. The fourth-order valence-corrected chi connectivity index (χ4v) is 7.51. The first-order valence-electron chi connectivity index (χ1n) is 15.7. The number of nitrogens with one attached hydrogen (secondary N) is 1. The standard InChI is InChI=1S/C34H46BFN2O8/c1-32(2,3)44-31(40)27-21(36)12-10-19(29(27)43-9)15-26(35-45-25-17-20-16-24(33(20,4)5)34(25,6)46-35)38-30(39)28(37)18-11-13-22(41-7)23(14-18)42-8/h10-14,20,24-26,28H,15-17,37H2,1-9H3,(H,38,39)/t20-,24-,25+,26-,28?,34-/m0/s1. The molecule has 250 valence electrons. The Balaban J connectivity index is 1.48. The highest BCUT2D eigenvalue weighted by Gasteiger charge is 2.68. The van der Waals surface area contributed by atoms with Crippen LogP contribution in [0.25, 0.3) is 0 Å². The summed E-state index contributed by atoms with van der Waals surface area (Å²) < 4.78 is 50.3. The van der Waals surface area contributed by atoms with Gasteiger partial charge < -0.3 is 39.3 Å². The minimum Gasteiger partial charge on any atom is -0.495 e. The molecule has 3 aliphatic carbocycles. The molecule has 1 saturated heterocycles. The maximum absolute atomic E-state index is 15.1. The van der Waals surface area contributed by atoms with Gasteiger partial charge in [0.2, 0.25) is 5.91 Å². The Morgan fingerprint density at radius 2 is 1.76 bits per heavy atom. The molecule has 2 bridgehead atoms. The molecule has 2 aromatic carbocycles. The first-order chi connectivity index (χ1) is 21.5. The van der Waals surface area contributed by atoms with Crippen molar-refractivity contribution in [3.63, 3.8) is 0 Å². The van der Waals surface area contributed by atoms with Crippen LogP contribution in [0.4, 0.5) is 4.39 Å². The highest BCUT2D eigenvalue weighted by atomic mass is 19.1. The van der Waals surface area contributed by atoms with Crippen LogP contribution in [0.5, 0.6) is 17.2 Å². The van der Waals surface area contributed by atoms with Crippen LogP contribution in [0.1, 0.15) is 81.9 Å². The van der Waals surface area contributed by atoms with Crippen molar-refractivity contribution >= 4 is 19.0 Å². The van der Waals surface area contributed by atoms with Crippen LogP contribution in [0.2, 0.25) is 0 Å². The second-order valence-corrected chi connectivity index (χ2v) is 14.4. The van der Waals surface area contributed by atoms with Crippen LogP contribution in [-0.2, 0) is 25.3 Å². The minimum absolute atomic E-state index is 0.0164. The summed E-state index contributed by atoms with van der Waals surface area (Å²) in [5.41, 5.74) is 5.84. The number of esters is 1. The number of halogens is 1. The average Bonchev–Trinajstić information content (AvgIpc) is 3.36. The van der Waals surface area contributed by atoms with E-state index in [0.29, 0.717) is 34.5 Å². The lowest BCUT2D eigenvalue weighted by Crippen LogP contribution is -2.65. The first-order valence-corrected chi connectivity index (χ1v) is 15.7. The van der Waals surface area contributed by atoms with Crippen LogP contribution in [0, 0.1) is 23.1 Å². The van der Waals surface area contributed by atoms with Crippen molar-refractivity contribution in [2.75, 3.05) is 21.3 Å². The van der Waals surface area contributed by atoms with Crippen LogP contribution in [0.15, 0.2) is 30.3 Å². The van der Waals surface area contributed by atoms with E-state index in [0.717, 1.165) is 12.8 Å². The van der Waals surface area contributed by atoms with E-state index in [1.165, 1.54) is 33.5 Å². The molecule has 1 unspecified atom stereocenters. The molecule has 4 aliphatic rings. The molecular weight excluding hydrogens is 594 g/mol. The number of rotatable bonds is 10. The SMILES string of the molecule is COc1ccc(C(N)C(=O)N[C@@H](Cc2ccc(F)c(C(=O)OC(C)(C)C)c2OC)B2O[C@@H]3C[C@@H]4C[C@@H](C4(C)C)[C@]3(C)O2)cc1OC. The molecular formula is C34H46BFN2O8. The summed E-state index contributed by atoms with van der Waals surface area (Å²) in [5.74, 6) is -1.11. The lowest BCUT2D eigenvalue weighted by atomic mass is 9.43. The van der Waals surface area contributed by atoms with Crippen LogP contribution < -0.4 is 25.3 Å². The van der Waals surface area contributed by atoms with Crippen molar-refractivity contribution in [1.29, 1.82) is 0 Å². The molecule has 0 aromatic heterocycles. The molecule has 2 aromatic rings. The molecule has 4 fully saturated rings. The lowest BCUT2D eigenvalue weighted by Gasteiger charge is -2.64. The van der Waals surface area contributed by atoms with Crippen molar-refractivity contribution < 1.29 is 42.2 Å². The molecule has 1 aliphatic heterocycles. The number of ether oxygens (including phenoxy) is 4. The minimum atomic E-state index is -1.07. The topological polar surface area (TPSA) is 128 Å². The predicted molar refractivity (Wildman–Crippen MR) is 170 cm³/mol. The zero-order valence-corrected chi connectivity index (χ0v) is 28.2. The lowest BCUT2D eigenvalue weighted by molar-refractivity contribution is -0.199. The van der Waals surface area contributed by atoms with Gasteiger partial charge in [-0.05, 0) is 93.5 Å². The normalized spacial score (nSPS) is 25.9. The van der Waals surface area contributed by atoms with Crippen molar-refractivity contribution in [1.82, 2.24) is 5.32 Å². The summed E-state index contributed by atoms with van der Waals surface area (Å²) in [7, 11) is 3.55. The Kier molecular flexibility index (Phi) is 9.13. The van der Waals surface area contributed by atoms with Gasteiger partial charge in [-0.2, -0.15) is 0 Å². The van der Waals surface area contributed by atoms with E-state index >= 15 is 4.39 Å². The number of carbonyl (C=O) groups excluding carboxylic acids is 2. The van der Waals surface area contributed by atoms with Crippen LogP contribution in [-0.4, -0.2) is 63.6 Å². The van der Waals surface area contributed by atoms with Gasteiger partial charge in [-0.25, -0.2) is 9.18 Å². The monoisotopic (exact) mass is 640 g/mol. The highest BCUT2D eigenvalue weighted by molar-refractivity contribution is 6.48. The van der Waals surface area contributed by atoms with Gasteiger partial charge in [0.1, 0.15) is 28.8 Å². The van der Waals surface area contributed by atoms with Crippen molar-refractivity contribution in [2.24, 2.45) is 23.0 Å². The molecule has 10 nitrogen and oxygen atoms in total. The zero-order chi connectivity index (χ0) is 33.8. The molecule has 0 radical (unpaired) electrons. The molecule has 6 rings (SSSR count). The van der Waals surface area contributed by atoms with E-state index < -0.39 is 48.0 Å². The Labute approximate surface area is 270 Å². The number of hydrogen-bond acceptors (Lipinski definition) is 9. The maximum Gasteiger partial charge on any atom is 0.482 e. The fourth-order valence-electron chi connectivity index (χ4n) is 7.51. The summed E-state index contributed by atoms with van der Waals surface area (Å²) in [6, 6.07) is 6.69. The van der Waals surface area contributed by atoms with Crippen molar-refractivity contribution in [3.05, 3.63) is 52.8 Å². The molecule has 3 N–H and O–H groups in total. The van der Waals surface area contributed by atoms with E-state index in [4.69, 9.17) is 34.0 Å². The number of amides is 1. The van der Waals surface area contributed by atoms with E-state index in [9.17, 15) is 9.59 Å². The second-order valence-electron chi connectivity index (χ2n) is 14.4. The van der Waals surface area contributed by atoms with Gasteiger partial charge in [-0.1, -0.05) is 26.0 Å². The number of nitrogens with two attached hydrogens (primary N) is 1. The van der Waals surface area contributed by atoms with E-state index in [1.54, 1.807) is 39.0 Å². The summed E-state index contributed by atoms with van der Waals surface area (Å²) in [6.07, 6.45) is 1.85. The third kappa shape index (κ3) is 6.07. The largest absolute Gasteiger partial charge is 0.495 e. The first kappa shape index (κ1) is 34.0. The van der Waals surface area contributed by atoms with Gasteiger partial charge in [0.25, 0.3) is 0 Å². The van der Waals surface area contributed by atoms with E-state index in [2.05, 4.69) is 26.1 Å². The summed E-state index contributed by atoms with van der Waals surface area (Å²) in [5, 5.41) is 3.05. The van der Waals surface area contributed by atoms with Gasteiger partial charge in [-0.3, -0.25) is 4.79 Å². The fraction of sp³-hybridized carbons (Fsp3) is 0.588. The third-order valence-corrected chi connectivity index (χ3v) is 10.1. The zero-order valence-electron chi connectivity index (χ0n) is 28.2. The van der Waals surface area contributed by atoms with E-state index in [-0.39, 0.29) is 29.3 Å². The van der Waals surface area contributed by atoms with Gasteiger partial charge in [0.05, 0.1) is 39.0 Å². The quantitative estimate of drug-likeness (QED) is 0.278. The smallest absolute Gasteiger partial charge is 0.482 e. The summed E-state index contributed by atoms with van der Waals surface area (Å²) >= 11 is 0. The number of carbonyl (C=O) groups is 2. The Morgan fingerprint density at radius 1 is 1.07 bits per heavy atom. The molecule has 1 amide bonds. The Hall–Kier alpha value is -3.35.